The van der Waals surface area contributed by atoms with E-state index < -0.39 is 5.97 Å². The molecule has 0 fully saturated rings. The molecule has 1 aromatic carbocycles. The zero-order valence-corrected chi connectivity index (χ0v) is 14.1. The molecule has 0 saturated heterocycles. The van der Waals surface area contributed by atoms with Gasteiger partial charge in [0.2, 0.25) is 0 Å². The smallest absolute Gasteiger partial charge is 0.305 e. The van der Waals surface area contributed by atoms with Crippen molar-refractivity contribution in [1.29, 1.82) is 0 Å². The van der Waals surface area contributed by atoms with Crippen molar-refractivity contribution in [3.05, 3.63) is 27.7 Å². The van der Waals surface area contributed by atoms with Crippen molar-refractivity contribution in [1.82, 2.24) is 5.01 Å². The van der Waals surface area contributed by atoms with Crippen molar-refractivity contribution in [3.8, 4) is 11.5 Å². The van der Waals surface area contributed by atoms with Crippen molar-refractivity contribution in [2.45, 2.75) is 13.3 Å². The van der Waals surface area contributed by atoms with E-state index in [9.17, 15) is 14.7 Å². The van der Waals surface area contributed by atoms with Gasteiger partial charge in [0.25, 0.3) is 5.91 Å². The van der Waals surface area contributed by atoms with Crippen LogP contribution in [0.3, 0.4) is 0 Å². The molecule has 0 saturated carbocycles. The van der Waals surface area contributed by atoms with E-state index in [1.807, 2.05) is 0 Å². The van der Waals surface area contributed by atoms with Crippen LogP contribution in [0.4, 0.5) is 0 Å². The van der Waals surface area contributed by atoms with Crippen molar-refractivity contribution in [2.24, 2.45) is 5.10 Å². The summed E-state index contributed by atoms with van der Waals surface area (Å²) in [6.45, 7) is 1.70. The summed E-state index contributed by atoms with van der Waals surface area (Å²) >= 11 is 3.22. The molecule has 0 aromatic heterocycles. The second-order valence-corrected chi connectivity index (χ2v) is 5.72. The monoisotopic (exact) mass is 382 g/mol. The first-order valence-corrected chi connectivity index (χ1v) is 7.50. The minimum atomic E-state index is -0.990. The number of aromatic hydroxyl groups is 1. The van der Waals surface area contributed by atoms with E-state index in [0.717, 1.165) is 5.01 Å². The highest BCUT2D eigenvalue weighted by atomic mass is 79.9. The fourth-order valence-electron chi connectivity index (χ4n) is 2.09. The molecule has 1 aromatic rings. The van der Waals surface area contributed by atoms with Crippen molar-refractivity contribution >= 4 is 39.6 Å². The lowest BCUT2D eigenvalue weighted by Crippen LogP contribution is -2.24. The van der Waals surface area contributed by atoms with Crippen LogP contribution in [-0.2, 0) is 9.59 Å². The second-order valence-electron chi connectivity index (χ2n) is 4.87. The van der Waals surface area contributed by atoms with Gasteiger partial charge in [-0.25, -0.2) is 5.01 Å². The van der Waals surface area contributed by atoms with Gasteiger partial charge in [-0.1, -0.05) is 0 Å². The Bertz CT molecular complexity index is 727. The fourth-order valence-corrected chi connectivity index (χ4v) is 2.55. The Morgan fingerprint density at radius 2 is 2.17 bits per heavy atom. The number of carboxylic acids is 1. The fraction of sp³-hybridized carbons (Fsp3) is 0.267. The maximum absolute atomic E-state index is 12.3. The number of nitrogens with zero attached hydrogens (tertiary/aromatic N) is 2. The number of carbonyl (C=O) groups is 2. The molecule has 0 radical (unpaired) electrons. The Kier molecular flexibility index (Phi) is 5.05. The van der Waals surface area contributed by atoms with Crippen LogP contribution in [0.1, 0.15) is 18.9 Å². The first-order chi connectivity index (χ1) is 10.8. The minimum absolute atomic E-state index is 0.0193. The van der Waals surface area contributed by atoms with Gasteiger partial charge in [0.15, 0.2) is 11.5 Å². The summed E-state index contributed by atoms with van der Waals surface area (Å²) in [5, 5.41) is 23.7. The molecule has 2 rings (SSSR count). The van der Waals surface area contributed by atoms with E-state index in [1.54, 1.807) is 25.1 Å². The number of ether oxygens (including phenoxy) is 1. The highest BCUT2D eigenvalue weighted by molar-refractivity contribution is 9.10. The van der Waals surface area contributed by atoms with Crippen molar-refractivity contribution in [3.63, 3.8) is 0 Å². The van der Waals surface area contributed by atoms with E-state index >= 15 is 0 Å². The standard InChI is InChI=1S/C15H15BrN2O5/c1-8-10(15(22)18(17-8)4-3-13(19)20)5-9-6-11(16)14(21)12(7-9)23-2/h5-7,21H,3-4H2,1-2H3,(H,19,20)/b10-5-. The molecule has 7 nitrogen and oxygen atoms in total. The number of hydrogen-bond donors (Lipinski definition) is 2. The molecule has 2 N–H and O–H groups in total. The first kappa shape index (κ1) is 17.0. The summed E-state index contributed by atoms with van der Waals surface area (Å²) in [7, 11) is 1.43. The third-order valence-electron chi connectivity index (χ3n) is 3.24. The van der Waals surface area contributed by atoms with Gasteiger partial charge >= 0.3 is 5.97 Å². The predicted octanol–water partition coefficient (Wildman–Crippen LogP) is 2.24. The zero-order valence-electron chi connectivity index (χ0n) is 12.5. The van der Waals surface area contributed by atoms with Crippen LogP contribution < -0.4 is 4.74 Å². The lowest BCUT2D eigenvalue weighted by atomic mass is 10.1. The number of amides is 1. The third kappa shape index (κ3) is 3.70. The number of benzene rings is 1. The quantitative estimate of drug-likeness (QED) is 0.760. The highest BCUT2D eigenvalue weighted by Gasteiger charge is 2.27. The number of phenolic OH excluding ortho intramolecular Hbond substituents is 1. The van der Waals surface area contributed by atoms with Crippen LogP contribution in [0.15, 0.2) is 27.3 Å². The number of carboxylic acid groups (broad SMARTS) is 1. The van der Waals surface area contributed by atoms with Gasteiger partial charge in [0.05, 0.1) is 35.8 Å². The van der Waals surface area contributed by atoms with Crippen LogP contribution in [0, 0.1) is 0 Å². The molecular weight excluding hydrogens is 368 g/mol. The summed E-state index contributed by atoms with van der Waals surface area (Å²) in [4.78, 5) is 22.9. The van der Waals surface area contributed by atoms with E-state index in [2.05, 4.69) is 21.0 Å². The largest absolute Gasteiger partial charge is 0.503 e. The maximum Gasteiger partial charge on any atom is 0.305 e. The zero-order chi connectivity index (χ0) is 17.1. The molecule has 8 heteroatoms. The van der Waals surface area contributed by atoms with E-state index in [4.69, 9.17) is 9.84 Å². The molecular formula is C15H15BrN2O5. The van der Waals surface area contributed by atoms with E-state index in [-0.39, 0.29) is 30.4 Å². The number of aliphatic carboxylic acids is 1. The summed E-state index contributed by atoms with van der Waals surface area (Å²) in [5.41, 5.74) is 1.52. The van der Waals surface area contributed by atoms with E-state index in [1.165, 1.54) is 7.11 Å². The molecule has 1 heterocycles. The molecule has 1 aliphatic heterocycles. The third-order valence-corrected chi connectivity index (χ3v) is 3.85. The van der Waals surface area contributed by atoms with Crippen LogP contribution >= 0.6 is 15.9 Å². The van der Waals surface area contributed by atoms with Gasteiger partial charge in [-0.3, -0.25) is 9.59 Å². The van der Waals surface area contributed by atoms with Gasteiger partial charge in [-0.15, -0.1) is 0 Å². The molecule has 122 valence electrons. The van der Waals surface area contributed by atoms with Gasteiger partial charge in [-0.2, -0.15) is 5.10 Å². The normalized spacial score (nSPS) is 16.0. The topological polar surface area (TPSA) is 99.4 Å². The van der Waals surface area contributed by atoms with Crippen LogP contribution in [0.2, 0.25) is 0 Å². The van der Waals surface area contributed by atoms with Gasteiger partial charge in [-0.05, 0) is 46.6 Å². The SMILES string of the molecule is COc1cc(/C=C2\C(=O)N(CCC(=O)O)N=C2C)cc(Br)c1O. The first-order valence-electron chi connectivity index (χ1n) is 6.71. The Morgan fingerprint density at radius 1 is 1.48 bits per heavy atom. The van der Waals surface area contributed by atoms with Crippen LogP contribution in [-0.4, -0.2) is 46.5 Å². The van der Waals surface area contributed by atoms with Crippen molar-refractivity contribution in [2.75, 3.05) is 13.7 Å². The number of methoxy groups -OCH3 is 1. The lowest BCUT2D eigenvalue weighted by molar-refractivity contribution is -0.137. The molecule has 0 bridgehead atoms. The Hall–Kier alpha value is -2.35. The number of rotatable bonds is 5. The second kappa shape index (κ2) is 6.82. The minimum Gasteiger partial charge on any atom is -0.503 e. The van der Waals surface area contributed by atoms with Crippen LogP contribution in [0.5, 0.6) is 11.5 Å². The maximum atomic E-state index is 12.3. The predicted molar refractivity (Wildman–Crippen MR) is 87.4 cm³/mol. The molecule has 0 aliphatic carbocycles. The van der Waals surface area contributed by atoms with Gasteiger partial charge in [0, 0.05) is 0 Å². The molecule has 1 amide bonds. The summed E-state index contributed by atoms with van der Waals surface area (Å²) in [6, 6.07) is 3.24. The molecule has 0 spiro atoms. The number of hydrazone groups is 1. The van der Waals surface area contributed by atoms with E-state index in [0.29, 0.717) is 21.3 Å². The average Bonchev–Trinajstić information content (AvgIpc) is 2.76. The molecule has 23 heavy (non-hydrogen) atoms. The summed E-state index contributed by atoms with van der Waals surface area (Å²) in [6.07, 6.45) is 1.45. The Labute approximate surface area is 141 Å². The lowest BCUT2D eigenvalue weighted by Gasteiger charge is -2.10. The van der Waals surface area contributed by atoms with Gasteiger partial charge in [0.1, 0.15) is 0 Å². The van der Waals surface area contributed by atoms with Crippen molar-refractivity contribution < 1.29 is 24.5 Å². The highest BCUT2D eigenvalue weighted by Crippen LogP contribution is 2.36. The molecule has 0 unspecified atom stereocenters. The summed E-state index contributed by atoms with van der Waals surface area (Å²) < 4.78 is 5.51. The number of hydrogen-bond acceptors (Lipinski definition) is 5. The molecule has 0 atom stereocenters. The Balaban J connectivity index is 2.30. The summed E-state index contributed by atoms with van der Waals surface area (Å²) in [5.74, 6) is -1.10. The number of halogens is 1. The number of phenols is 1. The molecule has 1 aliphatic rings. The average molecular weight is 383 g/mol. The number of carbonyl (C=O) groups excluding carboxylic acids is 1. The van der Waals surface area contributed by atoms with Crippen LogP contribution in [0.25, 0.3) is 6.08 Å². The van der Waals surface area contributed by atoms with Gasteiger partial charge < -0.3 is 14.9 Å². The Morgan fingerprint density at radius 3 is 2.78 bits per heavy atom.